The molecule has 110 valence electrons. The van der Waals surface area contributed by atoms with Crippen LogP contribution in [0, 0.1) is 13.8 Å². The van der Waals surface area contributed by atoms with Gasteiger partial charge >= 0.3 is 0 Å². The zero-order valence-corrected chi connectivity index (χ0v) is 12.3. The Morgan fingerprint density at radius 1 is 1.19 bits per heavy atom. The van der Waals surface area contributed by atoms with E-state index in [0.717, 1.165) is 22.4 Å². The number of benzene rings is 2. The van der Waals surface area contributed by atoms with Crippen molar-refractivity contribution in [2.24, 2.45) is 5.73 Å². The summed E-state index contributed by atoms with van der Waals surface area (Å²) in [5.74, 6) is -0.0102. The smallest absolute Gasteiger partial charge is 0.241 e. The van der Waals surface area contributed by atoms with Gasteiger partial charge in [-0.2, -0.15) is 0 Å². The summed E-state index contributed by atoms with van der Waals surface area (Å²) in [5, 5.41) is 12.1. The van der Waals surface area contributed by atoms with Crippen molar-refractivity contribution in [3.05, 3.63) is 59.2 Å². The number of nitrogens with two attached hydrogens (primary N) is 1. The Hall–Kier alpha value is -2.33. The highest BCUT2D eigenvalue weighted by molar-refractivity contribution is 5.95. The van der Waals surface area contributed by atoms with E-state index in [1.54, 1.807) is 24.3 Å². The standard InChI is InChI=1S/C17H20N2O2/c1-11-4-3-5-16(12(11)2)19-17(21)15(18)10-13-6-8-14(20)9-7-13/h3-9,15,20H,10,18H2,1-2H3,(H,19,21)/t15-/m1/s1. The highest BCUT2D eigenvalue weighted by Crippen LogP contribution is 2.18. The molecule has 0 unspecified atom stereocenters. The molecule has 1 amide bonds. The molecule has 21 heavy (non-hydrogen) atoms. The monoisotopic (exact) mass is 284 g/mol. The topological polar surface area (TPSA) is 75.4 Å². The van der Waals surface area contributed by atoms with E-state index >= 15 is 0 Å². The minimum atomic E-state index is -0.630. The van der Waals surface area contributed by atoms with Crippen LogP contribution in [0.5, 0.6) is 5.75 Å². The fraction of sp³-hybridized carbons (Fsp3) is 0.235. The maximum absolute atomic E-state index is 12.2. The molecule has 4 N–H and O–H groups in total. The second-order valence-corrected chi connectivity index (χ2v) is 5.21. The number of amides is 1. The van der Waals surface area contributed by atoms with E-state index in [1.165, 1.54) is 0 Å². The third-order valence-electron chi connectivity index (χ3n) is 3.59. The van der Waals surface area contributed by atoms with E-state index < -0.39 is 6.04 Å². The van der Waals surface area contributed by atoms with Crippen molar-refractivity contribution in [3.8, 4) is 5.75 Å². The molecule has 0 saturated carbocycles. The van der Waals surface area contributed by atoms with Gasteiger partial charge in [0, 0.05) is 5.69 Å². The number of aryl methyl sites for hydroxylation is 1. The largest absolute Gasteiger partial charge is 0.508 e. The normalized spacial score (nSPS) is 12.0. The van der Waals surface area contributed by atoms with E-state index in [2.05, 4.69) is 5.32 Å². The number of anilines is 1. The second kappa shape index (κ2) is 6.41. The zero-order valence-electron chi connectivity index (χ0n) is 12.3. The van der Waals surface area contributed by atoms with Crippen LogP contribution in [0.4, 0.5) is 5.69 Å². The maximum atomic E-state index is 12.2. The lowest BCUT2D eigenvalue weighted by Crippen LogP contribution is -2.37. The molecule has 0 heterocycles. The average Bonchev–Trinajstić information content (AvgIpc) is 2.46. The van der Waals surface area contributed by atoms with Crippen molar-refractivity contribution >= 4 is 11.6 Å². The Morgan fingerprint density at radius 3 is 2.52 bits per heavy atom. The van der Waals surface area contributed by atoms with Gasteiger partial charge in [0.25, 0.3) is 0 Å². The van der Waals surface area contributed by atoms with Crippen molar-refractivity contribution in [3.63, 3.8) is 0 Å². The fourth-order valence-electron chi connectivity index (χ4n) is 2.09. The van der Waals surface area contributed by atoms with Crippen LogP contribution < -0.4 is 11.1 Å². The lowest BCUT2D eigenvalue weighted by Gasteiger charge is -2.15. The van der Waals surface area contributed by atoms with Gasteiger partial charge in [0.05, 0.1) is 6.04 Å². The first kappa shape index (κ1) is 15.1. The number of hydrogen-bond donors (Lipinski definition) is 3. The molecule has 0 spiro atoms. The molecule has 2 aromatic carbocycles. The Kier molecular flexibility index (Phi) is 4.60. The number of aromatic hydroxyl groups is 1. The summed E-state index contributed by atoms with van der Waals surface area (Å²) in [6.07, 6.45) is 0.428. The molecule has 0 fully saturated rings. The molecule has 0 saturated heterocycles. The second-order valence-electron chi connectivity index (χ2n) is 5.21. The third kappa shape index (κ3) is 3.83. The van der Waals surface area contributed by atoms with Crippen molar-refractivity contribution < 1.29 is 9.90 Å². The van der Waals surface area contributed by atoms with Crippen LogP contribution >= 0.6 is 0 Å². The van der Waals surface area contributed by atoms with Crippen LogP contribution in [-0.4, -0.2) is 17.1 Å². The summed E-state index contributed by atoms with van der Waals surface area (Å²) in [7, 11) is 0. The number of carbonyl (C=O) groups excluding carboxylic acids is 1. The SMILES string of the molecule is Cc1cccc(NC(=O)[C@H](N)Cc2ccc(O)cc2)c1C. The number of phenolic OH excluding ortho intramolecular Hbond substituents is 1. The summed E-state index contributed by atoms with van der Waals surface area (Å²) < 4.78 is 0. The van der Waals surface area contributed by atoms with Crippen molar-refractivity contribution in [2.45, 2.75) is 26.3 Å². The van der Waals surface area contributed by atoms with Gasteiger partial charge in [-0.1, -0.05) is 24.3 Å². The number of hydrogen-bond acceptors (Lipinski definition) is 3. The predicted molar refractivity (Wildman–Crippen MR) is 84.3 cm³/mol. The third-order valence-corrected chi connectivity index (χ3v) is 3.59. The Bertz CT molecular complexity index is 636. The van der Waals surface area contributed by atoms with E-state index in [-0.39, 0.29) is 11.7 Å². The summed E-state index contributed by atoms with van der Waals surface area (Å²) in [6, 6.07) is 11.9. The first-order valence-corrected chi connectivity index (χ1v) is 6.88. The molecule has 0 radical (unpaired) electrons. The van der Waals surface area contributed by atoms with E-state index in [0.29, 0.717) is 6.42 Å². The molecule has 0 bridgehead atoms. The molecule has 1 atom stereocenters. The molecular formula is C17H20N2O2. The van der Waals surface area contributed by atoms with Crippen molar-refractivity contribution in [2.75, 3.05) is 5.32 Å². The summed E-state index contributed by atoms with van der Waals surface area (Å²) >= 11 is 0. The number of nitrogens with one attached hydrogen (secondary N) is 1. The average molecular weight is 284 g/mol. The van der Waals surface area contributed by atoms with Crippen LogP contribution in [0.1, 0.15) is 16.7 Å². The first-order chi connectivity index (χ1) is 9.97. The van der Waals surface area contributed by atoms with Crippen molar-refractivity contribution in [1.82, 2.24) is 0 Å². The van der Waals surface area contributed by atoms with Crippen LogP contribution in [0.25, 0.3) is 0 Å². The summed E-state index contributed by atoms with van der Waals surface area (Å²) in [5.41, 5.74) is 9.82. The predicted octanol–water partition coefficient (Wildman–Crippen LogP) is 2.52. The van der Waals surface area contributed by atoms with Gasteiger partial charge in [0.2, 0.25) is 5.91 Å². The van der Waals surface area contributed by atoms with Gasteiger partial charge in [0.15, 0.2) is 0 Å². The fourth-order valence-corrected chi connectivity index (χ4v) is 2.09. The number of rotatable bonds is 4. The van der Waals surface area contributed by atoms with Crippen LogP contribution in [-0.2, 0) is 11.2 Å². The van der Waals surface area contributed by atoms with Crippen LogP contribution in [0.15, 0.2) is 42.5 Å². The molecule has 0 aliphatic heterocycles. The minimum Gasteiger partial charge on any atom is -0.508 e. The Balaban J connectivity index is 2.02. The van der Waals surface area contributed by atoms with Crippen LogP contribution in [0.2, 0.25) is 0 Å². The Morgan fingerprint density at radius 2 is 1.86 bits per heavy atom. The minimum absolute atomic E-state index is 0.201. The first-order valence-electron chi connectivity index (χ1n) is 6.88. The highest BCUT2D eigenvalue weighted by Gasteiger charge is 2.15. The molecule has 0 aromatic heterocycles. The lowest BCUT2D eigenvalue weighted by molar-refractivity contribution is -0.117. The van der Waals surface area contributed by atoms with Gasteiger partial charge in [-0.05, 0) is 55.2 Å². The quantitative estimate of drug-likeness (QED) is 0.807. The molecular weight excluding hydrogens is 264 g/mol. The van der Waals surface area contributed by atoms with Gasteiger partial charge in [-0.3, -0.25) is 4.79 Å². The molecule has 0 aliphatic carbocycles. The highest BCUT2D eigenvalue weighted by atomic mass is 16.3. The van der Waals surface area contributed by atoms with Crippen LogP contribution in [0.3, 0.4) is 0 Å². The number of phenols is 1. The molecule has 4 heteroatoms. The van der Waals surface area contributed by atoms with Gasteiger partial charge < -0.3 is 16.2 Å². The summed E-state index contributed by atoms with van der Waals surface area (Å²) in [4.78, 5) is 12.2. The van der Waals surface area contributed by atoms with Gasteiger partial charge in [-0.15, -0.1) is 0 Å². The van der Waals surface area contributed by atoms with E-state index in [9.17, 15) is 9.90 Å². The van der Waals surface area contributed by atoms with Crippen molar-refractivity contribution in [1.29, 1.82) is 0 Å². The molecule has 2 rings (SSSR count). The Labute approximate surface area is 124 Å². The van der Waals surface area contributed by atoms with Gasteiger partial charge in [0.1, 0.15) is 5.75 Å². The molecule has 0 aliphatic rings. The van der Waals surface area contributed by atoms with E-state index in [4.69, 9.17) is 5.73 Å². The lowest BCUT2D eigenvalue weighted by atomic mass is 10.0. The molecule has 2 aromatic rings. The summed E-state index contributed by atoms with van der Waals surface area (Å²) in [6.45, 7) is 3.97. The maximum Gasteiger partial charge on any atom is 0.241 e. The number of carbonyl (C=O) groups is 1. The molecule has 4 nitrogen and oxygen atoms in total. The van der Waals surface area contributed by atoms with E-state index in [1.807, 2.05) is 32.0 Å². The zero-order chi connectivity index (χ0) is 15.4. The van der Waals surface area contributed by atoms with Gasteiger partial charge in [-0.25, -0.2) is 0 Å².